The Labute approximate surface area is 148 Å². The van der Waals surface area contributed by atoms with Crippen molar-refractivity contribution >= 4 is 31.4 Å². The fourth-order valence-corrected chi connectivity index (χ4v) is 5.62. The van der Waals surface area contributed by atoms with Crippen molar-refractivity contribution < 1.29 is 16.8 Å². The fourth-order valence-electron chi connectivity index (χ4n) is 2.89. The molecule has 1 fully saturated rings. The quantitative estimate of drug-likeness (QED) is 0.864. The Bertz CT molecular complexity index is 985. The first-order chi connectivity index (χ1) is 11.8. The van der Waals surface area contributed by atoms with E-state index in [2.05, 4.69) is 4.72 Å². The molecule has 2 aromatic rings. The fraction of sp³-hybridized carbons (Fsp3) is 0.294. The lowest BCUT2D eigenvalue weighted by atomic mass is 10.2. The van der Waals surface area contributed by atoms with E-state index < -0.39 is 20.0 Å². The summed E-state index contributed by atoms with van der Waals surface area (Å²) >= 11 is 0. The van der Waals surface area contributed by atoms with Gasteiger partial charge in [0.1, 0.15) is 0 Å². The second kappa shape index (κ2) is 6.68. The molecule has 1 aliphatic heterocycles. The van der Waals surface area contributed by atoms with E-state index in [0.29, 0.717) is 29.9 Å². The third kappa shape index (κ3) is 4.32. The maximum atomic E-state index is 12.4. The van der Waals surface area contributed by atoms with Gasteiger partial charge in [-0.1, -0.05) is 35.9 Å². The summed E-state index contributed by atoms with van der Waals surface area (Å²) in [7, 11) is -6.89. The first-order valence-electron chi connectivity index (χ1n) is 7.92. The minimum atomic E-state index is -3.59. The minimum absolute atomic E-state index is 0.121. The molecule has 1 saturated heterocycles. The molecule has 1 heterocycles. The van der Waals surface area contributed by atoms with E-state index in [1.54, 1.807) is 30.3 Å². The van der Waals surface area contributed by atoms with E-state index in [9.17, 15) is 16.8 Å². The Hall–Kier alpha value is -2.06. The van der Waals surface area contributed by atoms with Crippen molar-refractivity contribution in [3.8, 4) is 0 Å². The molecule has 2 aromatic carbocycles. The summed E-state index contributed by atoms with van der Waals surface area (Å²) < 4.78 is 52.7. The number of hydrogen-bond donors (Lipinski definition) is 1. The maximum absolute atomic E-state index is 12.4. The summed E-state index contributed by atoms with van der Waals surface area (Å²) in [6.45, 7) is 2.32. The van der Waals surface area contributed by atoms with E-state index in [1.807, 2.05) is 25.1 Å². The molecule has 0 bridgehead atoms. The van der Waals surface area contributed by atoms with Crippen LogP contribution in [0, 0.1) is 6.92 Å². The second-order valence-electron chi connectivity index (χ2n) is 6.14. The van der Waals surface area contributed by atoms with E-state index in [4.69, 9.17) is 0 Å². The predicted octanol–water partition coefficient (Wildman–Crippen LogP) is 2.48. The van der Waals surface area contributed by atoms with Crippen molar-refractivity contribution in [1.82, 2.24) is 0 Å². The molecule has 0 unspecified atom stereocenters. The Morgan fingerprint density at radius 1 is 1.12 bits per heavy atom. The predicted molar refractivity (Wildman–Crippen MR) is 99.6 cm³/mol. The van der Waals surface area contributed by atoms with E-state index in [0.717, 1.165) is 5.56 Å². The molecule has 6 nitrogen and oxygen atoms in total. The van der Waals surface area contributed by atoms with Crippen molar-refractivity contribution in [2.24, 2.45) is 0 Å². The van der Waals surface area contributed by atoms with Gasteiger partial charge < -0.3 is 0 Å². The van der Waals surface area contributed by atoms with Gasteiger partial charge in [0.2, 0.25) is 20.0 Å². The van der Waals surface area contributed by atoms with Gasteiger partial charge >= 0.3 is 0 Å². The third-order valence-electron chi connectivity index (χ3n) is 3.95. The number of benzene rings is 2. The lowest BCUT2D eigenvalue weighted by Gasteiger charge is -2.18. The molecule has 0 saturated carbocycles. The molecule has 3 rings (SSSR count). The SMILES string of the molecule is Cc1cccc(CS(=O)(=O)Nc2cccc(N3CCCS3(=O)=O)c2)c1. The summed E-state index contributed by atoms with van der Waals surface area (Å²) in [5.74, 6) is -0.0166. The van der Waals surface area contributed by atoms with Crippen LogP contribution in [0.5, 0.6) is 0 Å². The molecule has 25 heavy (non-hydrogen) atoms. The molecule has 0 radical (unpaired) electrons. The zero-order chi connectivity index (χ0) is 18.1. The Kier molecular flexibility index (Phi) is 4.75. The van der Waals surface area contributed by atoms with Crippen LogP contribution in [0.25, 0.3) is 0 Å². The Balaban J connectivity index is 1.80. The first kappa shape index (κ1) is 17.8. The number of nitrogens with one attached hydrogen (secondary N) is 1. The van der Waals surface area contributed by atoms with Crippen molar-refractivity contribution in [1.29, 1.82) is 0 Å². The smallest absolute Gasteiger partial charge is 0.236 e. The van der Waals surface area contributed by atoms with Crippen LogP contribution in [0.1, 0.15) is 17.5 Å². The molecule has 1 aliphatic rings. The number of nitrogens with zero attached hydrogens (tertiary/aromatic N) is 1. The lowest BCUT2D eigenvalue weighted by Crippen LogP contribution is -2.25. The largest absolute Gasteiger partial charge is 0.283 e. The highest BCUT2D eigenvalue weighted by atomic mass is 32.2. The average Bonchev–Trinajstić information content (AvgIpc) is 2.86. The van der Waals surface area contributed by atoms with Crippen LogP contribution in [0.2, 0.25) is 0 Å². The first-order valence-corrected chi connectivity index (χ1v) is 11.2. The summed E-state index contributed by atoms with van der Waals surface area (Å²) in [6.07, 6.45) is 0.575. The van der Waals surface area contributed by atoms with Gasteiger partial charge in [0.05, 0.1) is 22.9 Å². The topological polar surface area (TPSA) is 83.6 Å². The summed E-state index contributed by atoms with van der Waals surface area (Å²) in [6, 6.07) is 13.8. The van der Waals surface area contributed by atoms with Gasteiger partial charge in [0.25, 0.3) is 0 Å². The van der Waals surface area contributed by atoms with Gasteiger partial charge in [-0.2, -0.15) is 0 Å². The summed E-state index contributed by atoms with van der Waals surface area (Å²) in [5, 5.41) is 0. The highest BCUT2D eigenvalue weighted by Crippen LogP contribution is 2.27. The normalized spacial score (nSPS) is 16.8. The zero-order valence-electron chi connectivity index (χ0n) is 13.8. The zero-order valence-corrected chi connectivity index (χ0v) is 15.5. The van der Waals surface area contributed by atoms with Crippen LogP contribution < -0.4 is 9.03 Å². The molecule has 0 aliphatic carbocycles. The van der Waals surface area contributed by atoms with Crippen LogP contribution in [0.3, 0.4) is 0 Å². The molecule has 134 valence electrons. The molecule has 8 heteroatoms. The van der Waals surface area contributed by atoms with Crippen LogP contribution in [-0.2, 0) is 25.8 Å². The maximum Gasteiger partial charge on any atom is 0.236 e. The van der Waals surface area contributed by atoms with Crippen molar-refractivity contribution in [2.45, 2.75) is 19.1 Å². The lowest BCUT2D eigenvalue weighted by molar-refractivity contribution is 0.598. The number of anilines is 2. The number of sulfonamides is 2. The van der Waals surface area contributed by atoms with Crippen LogP contribution in [0.15, 0.2) is 48.5 Å². The standard InChI is InChI=1S/C17H20N2O4S2/c1-14-5-2-6-15(11-14)13-24(20,21)18-16-7-3-8-17(12-16)19-9-4-10-25(19,22)23/h2-3,5-8,11-12,18H,4,9-10,13H2,1H3. The van der Waals surface area contributed by atoms with Crippen LogP contribution in [0.4, 0.5) is 11.4 Å². The highest BCUT2D eigenvalue weighted by Gasteiger charge is 2.28. The molecule has 0 aromatic heterocycles. The number of rotatable bonds is 5. The van der Waals surface area contributed by atoms with E-state index in [1.165, 1.54) is 4.31 Å². The van der Waals surface area contributed by atoms with Gasteiger partial charge in [-0.05, 0) is 37.1 Å². The van der Waals surface area contributed by atoms with Crippen molar-refractivity contribution in [3.05, 3.63) is 59.7 Å². The van der Waals surface area contributed by atoms with Crippen LogP contribution in [-0.4, -0.2) is 29.1 Å². The van der Waals surface area contributed by atoms with Crippen molar-refractivity contribution in [3.63, 3.8) is 0 Å². The second-order valence-corrected chi connectivity index (χ2v) is 9.88. The highest BCUT2D eigenvalue weighted by molar-refractivity contribution is 7.93. The monoisotopic (exact) mass is 380 g/mol. The third-order valence-corrected chi connectivity index (χ3v) is 7.08. The van der Waals surface area contributed by atoms with Crippen LogP contribution >= 0.6 is 0 Å². The summed E-state index contributed by atoms with van der Waals surface area (Å²) in [4.78, 5) is 0. The van der Waals surface area contributed by atoms with Crippen molar-refractivity contribution in [2.75, 3.05) is 21.3 Å². The van der Waals surface area contributed by atoms with Gasteiger partial charge in [0, 0.05) is 6.54 Å². The Morgan fingerprint density at radius 2 is 1.88 bits per heavy atom. The van der Waals surface area contributed by atoms with E-state index in [-0.39, 0.29) is 11.5 Å². The number of aryl methyl sites for hydroxylation is 1. The van der Waals surface area contributed by atoms with Gasteiger partial charge in [-0.3, -0.25) is 9.03 Å². The molecule has 1 N–H and O–H groups in total. The van der Waals surface area contributed by atoms with Gasteiger partial charge in [-0.15, -0.1) is 0 Å². The Morgan fingerprint density at radius 3 is 2.56 bits per heavy atom. The van der Waals surface area contributed by atoms with Gasteiger partial charge in [-0.25, -0.2) is 16.8 Å². The molecule has 0 spiro atoms. The average molecular weight is 380 g/mol. The minimum Gasteiger partial charge on any atom is -0.283 e. The molecule has 0 atom stereocenters. The molecular weight excluding hydrogens is 360 g/mol. The van der Waals surface area contributed by atoms with Gasteiger partial charge in [0.15, 0.2) is 0 Å². The number of hydrogen-bond acceptors (Lipinski definition) is 4. The van der Waals surface area contributed by atoms with E-state index >= 15 is 0 Å². The molecular formula is C17H20N2O4S2. The molecule has 0 amide bonds. The summed E-state index contributed by atoms with van der Waals surface area (Å²) in [5.41, 5.74) is 2.53.